The van der Waals surface area contributed by atoms with Crippen molar-refractivity contribution >= 4 is 26.2 Å². The smallest absolute Gasteiger partial charge is 0.303 e. The first-order valence-electron chi connectivity index (χ1n) is 8.14. The molecule has 0 atom stereocenters. The number of hydrogen-bond donors (Lipinski definition) is 0. The zero-order valence-corrected chi connectivity index (χ0v) is 16.6. The number of unbranched alkanes of at least 4 members (excludes halogenated alkanes) is 1. The molecule has 142 valence electrons. The van der Waals surface area contributed by atoms with E-state index in [4.69, 9.17) is 18.1 Å². The van der Waals surface area contributed by atoms with Crippen LogP contribution < -0.4 is 0 Å². The van der Waals surface area contributed by atoms with Crippen LogP contribution in [0.15, 0.2) is 0 Å². The van der Waals surface area contributed by atoms with Crippen LogP contribution in [0, 0.1) is 0 Å². The van der Waals surface area contributed by atoms with Gasteiger partial charge in [0.05, 0.1) is 26.4 Å². The quantitative estimate of drug-likeness (QED) is 0.305. The van der Waals surface area contributed by atoms with Gasteiger partial charge in [0.15, 0.2) is 0 Å². The molecule has 0 N–H and O–H groups in total. The zero-order valence-electron chi connectivity index (χ0n) is 14.8. The molecular weight excluding hydrogens is 358 g/mol. The van der Waals surface area contributed by atoms with Gasteiger partial charge in [0.1, 0.15) is 0 Å². The van der Waals surface area contributed by atoms with Crippen molar-refractivity contribution in [1.29, 1.82) is 0 Å². The lowest BCUT2D eigenvalue weighted by molar-refractivity contribution is -0.115. The van der Waals surface area contributed by atoms with E-state index in [0.717, 1.165) is 0 Å². The summed E-state index contributed by atoms with van der Waals surface area (Å²) in [6, 6.07) is 0. The fourth-order valence-corrected chi connectivity index (χ4v) is 4.82. The third kappa shape index (κ3) is 7.68. The maximum atomic E-state index is 12.2. The first-order valence-corrected chi connectivity index (χ1v) is 11.2. The average molecular weight is 386 g/mol. The van der Waals surface area contributed by atoms with Crippen molar-refractivity contribution in [2.24, 2.45) is 0 Å². The molecule has 0 aliphatic heterocycles. The minimum atomic E-state index is -3.76. The van der Waals surface area contributed by atoms with Gasteiger partial charge in [0.2, 0.25) is 11.0 Å². The van der Waals surface area contributed by atoms with E-state index in [1.807, 2.05) is 0 Å². The van der Waals surface area contributed by atoms with Crippen LogP contribution in [0.2, 0.25) is 0 Å². The van der Waals surface area contributed by atoms with Crippen LogP contribution in [-0.4, -0.2) is 37.5 Å². The van der Waals surface area contributed by atoms with Gasteiger partial charge in [0, 0.05) is 12.8 Å². The lowest BCUT2D eigenvalue weighted by Crippen LogP contribution is -2.09. The van der Waals surface area contributed by atoms with E-state index < -0.39 is 26.2 Å². The molecule has 0 bridgehead atoms. The predicted octanol–water partition coefficient (Wildman–Crippen LogP) is 4.13. The van der Waals surface area contributed by atoms with Gasteiger partial charge in [-0.15, -0.1) is 0 Å². The highest BCUT2D eigenvalue weighted by atomic mass is 31.2. The Labute approximate surface area is 143 Å². The monoisotopic (exact) mass is 386 g/mol. The summed E-state index contributed by atoms with van der Waals surface area (Å²) < 4.78 is 44.3. The Kier molecular flexibility index (Phi) is 11.9. The van der Waals surface area contributed by atoms with E-state index in [2.05, 4.69) is 0 Å². The van der Waals surface area contributed by atoms with E-state index in [1.54, 1.807) is 27.7 Å². The molecule has 0 aromatic rings. The molecule has 0 rings (SSSR count). The van der Waals surface area contributed by atoms with E-state index in [9.17, 15) is 18.7 Å². The first kappa shape index (κ1) is 23.6. The van der Waals surface area contributed by atoms with E-state index in [-0.39, 0.29) is 39.3 Å². The number of carbonyl (C=O) groups excluding carboxylic acids is 2. The van der Waals surface area contributed by atoms with Gasteiger partial charge in [-0.3, -0.25) is 18.7 Å². The topological polar surface area (TPSA) is 105 Å². The predicted molar refractivity (Wildman–Crippen MR) is 90.2 cm³/mol. The van der Waals surface area contributed by atoms with Crippen LogP contribution in [0.25, 0.3) is 0 Å². The molecule has 10 heteroatoms. The highest BCUT2D eigenvalue weighted by molar-refractivity contribution is 7.72. The summed E-state index contributed by atoms with van der Waals surface area (Å²) in [6.07, 6.45) is 0.510. The summed E-state index contributed by atoms with van der Waals surface area (Å²) in [7, 11) is -7.51. The maximum Gasteiger partial charge on any atom is 0.396 e. The summed E-state index contributed by atoms with van der Waals surface area (Å²) >= 11 is 0. The molecule has 0 saturated carbocycles. The Morgan fingerprint density at radius 2 is 0.875 bits per heavy atom. The fraction of sp³-hybridized carbons (Fsp3) is 0.857. The second-order valence-electron chi connectivity index (χ2n) is 4.66. The van der Waals surface area contributed by atoms with Crippen molar-refractivity contribution in [3.05, 3.63) is 0 Å². The van der Waals surface area contributed by atoms with Crippen molar-refractivity contribution in [3.8, 4) is 0 Å². The third-order valence-electron chi connectivity index (χ3n) is 2.84. The normalized spacial score (nSPS) is 12.3. The van der Waals surface area contributed by atoms with Gasteiger partial charge >= 0.3 is 15.2 Å². The molecule has 0 aromatic heterocycles. The third-order valence-corrected chi connectivity index (χ3v) is 6.90. The molecule has 0 unspecified atom stereocenters. The Morgan fingerprint density at radius 3 is 1.08 bits per heavy atom. The molecule has 0 heterocycles. The van der Waals surface area contributed by atoms with E-state index in [1.165, 1.54) is 0 Å². The number of hydrogen-bond acceptors (Lipinski definition) is 8. The Morgan fingerprint density at radius 1 is 0.625 bits per heavy atom. The van der Waals surface area contributed by atoms with Gasteiger partial charge in [-0.05, 0) is 40.5 Å². The molecular formula is C14H28O8P2. The Hall–Kier alpha value is -0.360. The van der Waals surface area contributed by atoms with Crippen LogP contribution in [0.3, 0.4) is 0 Å². The minimum absolute atomic E-state index is 0.0435. The molecule has 0 amide bonds. The van der Waals surface area contributed by atoms with Gasteiger partial charge in [0.25, 0.3) is 0 Å². The number of carbonyl (C=O) groups is 2. The van der Waals surface area contributed by atoms with Crippen molar-refractivity contribution in [1.82, 2.24) is 0 Å². The Balaban J connectivity index is 4.46. The van der Waals surface area contributed by atoms with Crippen LogP contribution in [0.5, 0.6) is 0 Å². The van der Waals surface area contributed by atoms with Crippen LogP contribution >= 0.6 is 15.2 Å². The molecule has 0 aromatic carbocycles. The Bertz CT molecular complexity index is 427. The van der Waals surface area contributed by atoms with Crippen molar-refractivity contribution < 1.29 is 36.8 Å². The van der Waals surface area contributed by atoms with Crippen molar-refractivity contribution in [3.63, 3.8) is 0 Å². The summed E-state index contributed by atoms with van der Waals surface area (Å²) in [5.41, 5.74) is -1.23. The zero-order chi connectivity index (χ0) is 18.6. The fourth-order valence-electron chi connectivity index (χ4n) is 1.87. The van der Waals surface area contributed by atoms with Crippen molar-refractivity contribution in [2.75, 3.05) is 26.4 Å². The summed E-state index contributed by atoms with van der Waals surface area (Å²) in [5.74, 6) is 0. The van der Waals surface area contributed by atoms with E-state index in [0.29, 0.717) is 12.8 Å². The molecule has 24 heavy (non-hydrogen) atoms. The van der Waals surface area contributed by atoms with Gasteiger partial charge < -0.3 is 18.1 Å². The molecule has 0 aliphatic rings. The minimum Gasteiger partial charge on any atom is -0.303 e. The highest BCUT2D eigenvalue weighted by Gasteiger charge is 2.35. The van der Waals surface area contributed by atoms with Gasteiger partial charge in [-0.2, -0.15) is 0 Å². The average Bonchev–Trinajstić information content (AvgIpc) is 2.52. The SMILES string of the molecule is CCOP(=O)(OCC)C(=O)CCCCC(=O)P(=O)(OCC)OCC. The molecule has 0 radical (unpaired) electrons. The lowest BCUT2D eigenvalue weighted by atomic mass is 10.2. The highest BCUT2D eigenvalue weighted by Crippen LogP contribution is 2.51. The molecule has 8 nitrogen and oxygen atoms in total. The standard InChI is InChI=1S/C14H28O8P2/c1-5-19-23(17,20-6-2)13(15)11-9-10-12-14(16)24(18,21-7-3)22-8-4/h5-12H2,1-4H3. The summed E-state index contributed by atoms with van der Waals surface area (Å²) in [6.45, 7) is 6.90. The lowest BCUT2D eigenvalue weighted by Gasteiger charge is -2.16. The first-order chi connectivity index (χ1) is 11.3. The van der Waals surface area contributed by atoms with E-state index >= 15 is 0 Å². The molecule has 0 fully saturated rings. The van der Waals surface area contributed by atoms with Crippen LogP contribution in [-0.2, 0) is 36.8 Å². The second-order valence-corrected chi connectivity index (χ2v) is 8.68. The molecule has 0 aliphatic carbocycles. The van der Waals surface area contributed by atoms with Crippen LogP contribution in [0.1, 0.15) is 53.4 Å². The summed E-state index contributed by atoms with van der Waals surface area (Å²) in [4.78, 5) is 24.0. The van der Waals surface area contributed by atoms with Crippen molar-refractivity contribution in [2.45, 2.75) is 53.4 Å². The number of rotatable bonds is 15. The molecule has 0 saturated heterocycles. The maximum absolute atomic E-state index is 12.2. The summed E-state index contributed by atoms with van der Waals surface area (Å²) in [5, 5.41) is 0. The van der Waals surface area contributed by atoms with Gasteiger partial charge in [-0.1, -0.05) is 0 Å². The van der Waals surface area contributed by atoms with Gasteiger partial charge in [-0.25, -0.2) is 0 Å². The second kappa shape index (κ2) is 12.1. The van der Waals surface area contributed by atoms with Crippen LogP contribution in [0.4, 0.5) is 0 Å². The largest absolute Gasteiger partial charge is 0.396 e. The molecule has 0 spiro atoms.